The maximum atomic E-state index is 13.2. The van der Waals surface area contributed by atoms with Gasteiger partial charge in [0.25, 0.3) is 5.56 Å². The number of nitrogens with one attached hydrogen (secondary N) is 1. The molecule has 160 valence electrons. The lowest BCUT2D eigenvalue weighted by Gasteiger charge is -2.13. The minimum Gasteiger partial charge on any atom is -0.396 e. The highest BCUT2D eigenvalue weighted by atomic mass is 35.5. The van der Waals surface area contributed by atoms with Crippen molar-refractivity contribution in [1.82, 2.24) is 18.7 Å². The molecule has 8 nitrogen and oxygen atoms in total. The second-order valence-electron chi connectivity index (χ2n) is 7.85. The summed E-state index contributed by atoms with van der Waals surface area (Å²) in [7, 11) is 3.36. The van der Waals surface area contributed by atoms with Gasteiger partial charge in [0.2, 0.25) is 5.95 Å². The Hall–Kier alpha value is -2.29. The first-order valence-electron chi connectivity index (χ1n) is 9.77. The second kappa shape index (κ2) is 8.09. The maximum absolute atomic E-state index is 13.2. The number of rotatable bonds is 5. The number of nitrogens with zero attached hydrogens (tertiary/aromatic N) is 4. The number of imidazole rings is 1. The van der Waals surface area contributed by atoms with E-state index >= 15 is 0 Å². The molecule has 0 radical (unpaired) electrons. The Morgan fingerprint density at radius 1 is 1.17 bits per heavy atom. The Kier molecular flexibility index (Phi) is 5.65. The molecule has 30 heavy (non-hydrogen) atoms. The Balaban J connectivity index is 1.75. The van der Waals surface area contributed by atoms with E-state index in [1.807, 2.05) is 0 Å². The van der Waals surface area contributed by atoms with Crippen molar-refractivity contribution in [3.8, 4) is 0 Å². The molecule has 0 saturated heterocycles. The summed E-state index contributed by atoms with van der Waals surface area (Å²) in [5.74, 6) is 0.818. The van der Waals surface area contributed by atoms with Crippen LogP contribution in [-0.2, 0) is 20.6 Å². The van der Waals surface area contributed by atoms with Gasteiger partial charge in [-0.3, -0.25) is 13.9 Å². The van der Waals surface area contributed by atoms with Gasteiger partial charge in [0, 0.05) is 26.7 Å². The maximum Gasteiger partial charge on any atom is 0.332 e. The SMILES string of the molecule is Cn1c(N[C@@H]2CC[C@@H](CO)C2)nc2c1c(=O)n(Cc1ccc(Cl)c(Cl)c1)c(=O)n2C. The van der Waals surface area contributed by atoms with Crippen LogP contribution in [0.4, 0.5) is 5.95 Å². The Bertz CT molecular complexity index is 1230. The van der Waals surface area contributed by atoms with E-state index in [1.165, 1.54) is 9.13 Å². The van der Waals surface area contributed by atoms with Gasteiger partial charge in [-0.15, -0.1) is 0 Å². The van der Waals surface area contributed by atoms with Crippen LogP contribution < -0.4 is 16.6 Å². The number of aryl methyl sites for hydroxylation is 2. The first-order chi connectivity index (χ1) is 14.3. The van der Waals surface area contributed by atoms with E-state index in [0.717, 1.165) is 19.3 Å². The minimum absolute atomic E-state index is 0.0765. The van der Waals surface area contributed by atoms with Crippen molar-refractivity contribution >= 4 is 40.3 Å². The number of aliphatic hydroxyl groups excluding tert-OH is 1. The third-order valence-corrected chi connectivity index (χ3v) is 6.56. The molecule has 0 amide bonds. The number of hydrogen-bond donors (Lipinski definition) is 2. The molecule has 1 aliphatic rings. The number of anilines is 1. The van der Waals surface area contributed by atoms with Crippen molar-refractivity contribution in [3.63, 3.8) is 0 Å². The van der Waals surface area contributed by atoms with Crippen LogP contribution in [0.3, 0.4) is 0 Å². The Labute approximate surface area is 182 Å². The van der Waals surface area contributed by atoms with E-state index in [0.29, 0.717) is 32.7 Å². The summed E-state index contributed by atoms with van der Waals surface area (Å²) in [6.45, 7) is 0.252. The second-order valence-corrected chi connectivity index (χ2v) is 8.67. The predicted molar refractivity (Wildman–Crippen MR) is 118 cm³/mol. The monoisotopic (exact) mass is 451 g/mol. The Morgan fingerprint density at radius 3 is 2.60 bits per heavy atom. The summed E-state index contributed by atoms with van der Waals surface area (Å²) < 4.78 is 4.24. The van der Waals surface area contributed by atoms with Gasteiger partial charge < -0.3 is 15.0 Å². The van der Waals surface area contributed by atoms with Crippen LogP contribution in [0, 0.1) is 5.92 Å². The number of benzene rings is 1. The molecule has 2 heterocycles. The third-order valence-electron chi connectivity index (χ3n) is 5.82. The topological polar surface area (TPSA) is 94.1 Å². The largest absolute Gasteiger partial charge is 0.396 e. The lowest BCUT2D eigenvalue weighted by Crippen LogP contribution is -2.39. The molecular weight excluding hydrogens is 429 g/mol. The third kappa shape index (κ3) is 3.64. The smallest absolute Gasteiger partial charge is 0.332 e. The fourth-order valence-corrected chi connectivity index (χ4v) is 4.41. The number of aromatic nitrogens is 4. The summed E-state index contributed by atoms with van der Waals surface area (Å²) in [6, 6.07) is 5.19. The molecule has 0 unspecified atom stereocenters. The van der Waals surface area contributed by atoms with Crippen LogP contribution in [-0.4, -0.2) is 36.4 Å². The van der Waals surface area contributed by atoms with Gasteiger partial charge in [0.05, 0.1) is 16.6 Å². The predicted octanol–water partition coefficient (Wildman–Crippen LogP) is 2.36. The van der Waals surface area contributed by atoms with Gasteiger partial charge in [-0.25, -0.2) is 4.79 Å². The highest BCUT2D eigenvalue weighted by Gasteiger charge is 2.26. The van der Waals surface area contributed by atoms with Crippen molar-refractivity contribution in [2.45, 2.75) is 31.8 Å². The van der Waals surface area contributed by atoms with Crippen molar-refractivity contribution in [2.24, 2.45) is 20.0 Å². The van der Waals surface area contributed by atoms with Crippen LogP contribution in [0.2, 0.25) is 10.0 Å². The van der Waals surface area contributed by atoms with Gasteiger partial charge in [-0.1, -0.05) is 29.3 Å². The van der Waals surface area contributed by atoms with E-state index in [2.05, 4.69) is 10.3 Å². The minimum atomic E-state index is -0.454. The molecule has 1 saturated carbocycles. The number of fused-ring (bicyclic) bond motifs is 1. The summed E-state index contributed by atoms with van der Waals surface area (Å²) >= 11 is 12.0. The standard InChI is InChI=1S/C20H23Cl2N5O3/c1-25-16-17(24-19(25)23-13-5-3-12(7-13)10-28)26(2)20(30)27(18(16)29)9-11-4-6-14(21)15(22)8-11/h4,6,8,12-13,28H,3,5,7,9-10H2,1-2H3,(H,23,24)/t12-,13-/m1/s1. The highest BCUT2D eigenvalue weighted by Crippen LogP contribution is 2.28. The average Bonchev–Trinajstić information content (AvgIpc) is 3.31. The molecule has 0 spiro atoms. The van der Waals surface area contributed by atoms with E-state index in [4.69, 9.17) is 23.2 Å². The molecule has 1 aromatic carbocycles. The van der Waals surface area contributed by atoms with Crippen molar-refractivity contribution in [2.75, 3.05) is 11.9 Å². The van der Waals surface area contributed by atoms with E-state index in [1.54, 1.807) is 36.9 Å². The summed E-state index contributed by atoms with van der Waals surface area (Å²) in [4.78, 5) is 30.6. The lowest BCUT2D eigenvalue weighted by molar-refractivity contribution is 0.229. The van der Waals surface area contributed by atoms with Crippen LogP contribution in [0.25, 0.3) is 11.2 Å². The van der Waals surface area contributed by atoms with Gasteiger partial charge in [-0.2, -0.15) is 4.98 Å². The van der Waals surface area contributed by atoms with E-state index in [9.17, 15) is 14.7 Å². The first kappa shape index (κ1) is 21.0. The normalized spacial score (nSPS) is 19.0. The van der Waals surface area contributed by atoms with Crippen LogP contribution in [0.1, 0.15) is 24.8 Å². The summed E-state index contributed by atoms with van der Waals surface area (Å²) in [5.41, 5.74) is 0.504. The van der Waals surface area contributed by atoms with Crippen LogP contribution in [0.15, 0.2) is 27.8 Å². The summed E-state index contributed by atoms with van der Waals surface area (Å²) in [6.07, 6.45) is 2.72. The van der Waals surface area contributed by atoms with Crippen molar-refractivity contribution < 1.29 is 5.11 Å². The quantitative estimate of drug-likeness (QED) is 0.620. The fraction of sp³-hybridized carbons (Fsp3) is 0.450. The Morgan fingerprint density at radius 2 is 1.93 bits per heavy atom. The molecule has 2 N–H and O–H groups in total. The van der Waals surface area contributed by atoms with E-state index < -0.39 is 11.2 Å². The molecule has 0 bridgehead atoms. The molecule has 1 aliphatic carbocycles. The average molecular weight is 452 g/mol. The lowest BCUT2D eigenvalue weighted by atomic mass is 10.1. The van der Waals surface area contributed by atoms with Gasteiger partial charge in [-0.05, 0) is 42.9 Å². The van der Waals surface area contributed by atoms with Crippen LogP contribution >= 0.6 is 23.2 Å². The molecular formula is C20H23Cl2N5O3. The fourth-order valence-electron chi connectivity index (χ4n) is 4.09. The zero-order valence-electron chi connectivity index (χ0n) is 16.7. The number of halogens is 2. The molecule has 2 atom stereocenters. The first-order valence-corrected chi connectivity index (χ1v) is 10.5. The number of aliphatic hydroxyl groups is 1. The summed E-state index contributed by atoms with van der Waals surface area (Å²) in [5, 5.41) is 13.5. The van der Waals surface area contributed by atoms with Gasteiger partial charge >= 0.3 is 5.69 Å². The molecule has 3 aromatic rings. The van der Waals surface area contributed by atoms with Crippen molar-refractivity contribution in [3.05, 3.63) is 54.6 Å². The molecule has 10 heteroatoms. The van der Waals surface area contributed by atoms with Crippen molar-refractivity contribution in [1.29, 1.82) is 0 Å². The zero-order valence-corrected chi connectivity index (χ0v) is 18.2. The van der Waals surface area contributed by atoms with Gasteiger partial charge in [0.15, 0.2) is 11.2 Å². The molecule has 0 aliphatic heterocycles. The highest BCUT2D eigenvalue weighted by molar-refractivity contribution is 6.42. The zero-order chi connectivity index (χ0) is 21.6. The van der Waals surface area contributed by atoms with Crippen LogP contribution in [0.5, 0.6) is 0 Å². The van der Waals surface area contributed by atoms with E-state index in [-0.39, 0.29) is 25.1 Å². The van der Waals surface area contributed by atoms with Gasteiger partial charge in [0.1, 0.15) is 0 Å². The molecule has 4 rings (SSSR count). The number of hydrogen-bond acceptors (Lipinski definition) is 5. The molecule has 1 fully saturated rings. The molecule has 2 aromatic heterocycles.